The fourth-order valence-electron chi connectivity index (χ4n) is 2.80. The number of amides is 1. The molecule has 0 spiro atoms. The summed E-state index contributed by atoms with van der Waals surface area (Å²) in [7, 11) is -2.92. The second kappa shape index (κ2) is 5.59. The zero-order valence-electron chi connectivity index (χ0n) is 12.1. The number of carbonyl (C=O) groups excluding carboxylic acids is 1. The number of hydrogen-bond acceptors (Lipinski definition) is 3. The molecule has 22 heavy (non-hydrogen) atoms. The third kappa shape index (κ3) is 3.13. The van der Waals surface area contributed by atoms with Crippen LogP contribution in [0.3, 0.4) is 0 Å². The highest BCUT2D eigenvalue weighted by Gasteiger charge is 2.25. The van der Waals surface area contributed by atoms with E-state index in [4.69, 9.17) is 11.6 Å². The maximum Gasteiger partial charge on any atom is 0.267 e. The Hall–Kier alpha value is -1.53. The van der Waals surface area contributed by atoms with Gasteiger partial charge in [0.05, 0.1) is 11.5 Å². The molecule has 3 rings (SSSR count). The van der Waals surface area contributed by atoms with Gasteiger partial charge in [-0.1, -0.05) is 11.6 Å². The highest BCUT2D eigenvalue weighted by Crippen LogP contribution is 2.24. The van der Waals surface area contributed by atoms with Crippen LogP contribution in [0.1, 0.15) is 28.9 Å². The first-order chi connectivity index (χ1) is 10.3. The summed E-state index contributed by atoms with van der Waals surface area (Å²) in [5.41, 5.74) is 2.33. The molecule has 0 atom stereocenters. The minimum absolute atomic E-state index is 0.0906. The first-order valence-electron chi connectivity index (χ1n) is 7.14. The van der Waals surface area contributed by atoms with Crippen LogP contribution in [0.2, 0.25) is 5.02 Å². The second-order valence-corrected chi connectivity index (χ2v) is 8.51. The second-order valence-electron chi connectivity index (χ2n) is 5.77. The normalized spacial score (nSPS) is 18.5. The van der Waals surface area contributed by atoms with Crippen LogP contribution in [-0.4, -0.2) is 36.9 Å². The third-order valence-electron chi connectivity index (χ3n) is 4.02. The Morgan fingerprint density at radius 2 is 1.95 bits per heavy atom. The van der Waals surface area contributed by atoms with Crippen LogP contribution in [0, 0.1) is 6.92 Å². The summed E-state index contributed by atoms with van der Waals surface area (Å²) in [5, 5.41) is 4.42. The molecule has 1 saturated heterocycles. The molecule has 1 amide bonds. The van der Waals surface area contributed by atoms with Crippen molar-refractivity contribution >= 4 is 38.2 Å². The molecule has 118 valence electrons. The van der Waals surface area contributed by atoms with E-state index in [0.717, 1.165) is 16.5 Å². The van der Waals surface area contributed by atoms with Gasteiger partial charge in [0.25, 0.3) is 5.91 Å². The molecule has 0 radical (unpaired) electrons. The summed E-state index contributed by atoms with van der Waals surface area (Å²) in [6.07, 6.45) is 0.943. The van der Waals surface area contributed by atoms with Gasteiger partial charge in [-0.05, 0) is 43.5 Å². The van der Waals surface area contributed by atoms with E-state index in [0.29, 0.717) is 23.6 Å². The van der Waals surface area contributed by atoms with Crippen LogP contribution < -0.4 is 5.32 Å². The van der Waals surface area contributed by atoms with Crippen molar-refractivity contribution in [1.29, 1.82) is 0 Å². The van der Waals surface area contributed by atoms with Crippen molar-refractivity contribution < 1.29 is 13.2 Å². The van der Waals surface area contributed by atoms with Crippen molar-refractivity contribution in [3.63, 3.8) is 0 Å². The fourth-order valence-corrected chi connectivity index (χ4v) is 4.57. The molecule has 0 aliphatic carbocycles. The van der Waals surface area contributed by atoms with Gasteiger partial charge in [0.1, 0.15) is 15.5 Å². The predicted molar refractivity (Wildman–Crippen MR) is 87.2 cm³/mol. The number of nitrogens with one attached hydrogen (secondary N) is 2. The van der Waals surface area contributed by atoms with Crippen molar-refractivity contribution in [2.75, 3.05) is 11.5 Å². The summed E-state index contributed by atoms with van der Waals surface area (Å²) in [5.74, 6) is 0.0645. The SMILES string of the molecule is Cc1cc(Cl)cc2cc(C(=O)NC3CCS(=O)(=O)CC3)[nH]c12. The molecule has 2 aromatic rings. The lowest BCUT2D eigenvalue weighted by atomic mass is 10.1. The van der Waals surface area contributed by atoms with Gasteiger partial charge in [0, 0.05) is 22.0 Å². The summed E-state index contributed by atoms with van der Waals surface area (Å²) < 4.78 is 22.8. The van der Waals surface area contributed by atoms with Gasteiger partial charge in [-0.15, -0.1) is 0 Å². The van der Waals surface area contributed by atoms with Crippen LogP contribution in [0.15, 0.2) is 18.2 Å². The Kier molecular flexibility index (Phi) is 3.91. The molecule has 1 aromatic carbocycles. The van der Waals surface area contributed by atoms with E-state index >= 15 is 0 Å². The van der Waals surface area contributed by atoms with E-state index in [1.807, 2.05) is 19.1 Å². The maximum atomic E-state index is 12.3. The summed E-state index contributed by atoms with van der Waals surface area (Å²) in [4.78, 5) is 15.4. The quantitative estimate of drug-likeness (QED) is 0.881. The third-order valence-corrected chi connectivity index (χ3v) is 5.96. The summed E-state index contributed by atoms with van der Waals surface area (Å²) in [6, 6.07) is 5.33. The van der Waals surface area contributed by atoms with E-state index in [1.165, 1.54) is 0 Å². The zero-order chi connectivity index (χ0) is 15.9. The molecule has 1 aliphatic heterocycles. The lowest BCUT2D eigenvalue weighted by molar-refractivity contribution is 0.0930. The number of fused-ring (bicyclic) bond motifs is 1. The molecule has 0 unspecified atom stereocenters. The molecule has 2 N–H and O–H groups in total. The first kappa shape index (κ1) is 15.4. The van der Waals surface area contributed by atoms with Crippen molar-refractivity contribution in [2.24, 2.45) is 0 Å². The molecule has 1 aromatic heterocycles. The molecule has 0 bridgehead atoms. The average Bonchev–Trinajstić information content (AvgIpc) is 2.85. The Morgan fingerprint density at radius 3 is 2.64 bits per heavy atom. The fraction of sp³-hybridized carbons (Fsp3) is 0.400. The van der Waals surface area contributed by atoms with Gasteiger partial charge in [0.15, 0.2) is 0 Å². The van der Waals surface area contributed by atoms with Crippen molar-refractivity contribution in [1.82, 2.24) is 10.3 Å². The number of H-pyrrole nitrogens is 1. The van der Waals surface area contributed by atoms with Crippen molar-refractivity contribution in [2.45, 2.75) is 25.8 Å². The van der Waals surface area contributed by atoms with Crippen LogP contribution >= 0.6 is 11.6 Å². The van der Waals surface area contributed by atoms with E-state index in [-0.39, 0.29) is 23.5 Å². The molecule has 7 heteroatoms. The van der Waals surface area contributed by atoms with Crippen molar-refractivity contribution in [3.05, 3.63) is 34.5 Å². The maximum absolute atomic E-state index is 12.3. The molecular formula is C15H17ClN2O3S. The summed E-state index contributed by atoms with van der Waals surface area (Å²) >= 11 is 6.02. The Balaban J connectivity index is 1.77. The molecule has 5 nitrogen and oxygen atoms in total. The van der Waals surface area contributed by atoms with Crippen LogP contribution in [0.5, 0.6) is 0 Å². The van der Waals surface area contributed by atoms with Gasteiger partial charge in [-0.25, -0.2) is 8.42 Å². The topological polar surface area (TPSA) is 79.0 Å². The highest BCUT2D eigenvalue weighted by atomic mass is 35.5. The van der Waals surface area contributed by atoms with Crippen LogP contribution in [0.25, 0.3) is 10.9 Å². The van der Waals surface area contributed by atoms with E-state index in [2.05, 4.69) is 10.3 Å². The van der Waals surface area contributed by atoms with E-state index < -0.39 is 9.84 Å². The van der Waals surface area contributed by atoms with E-state index in [9.17, 15) is 13.2 Å². The van der Waals surface area contributed by atoms with Gasteiger partial charge < -0.3 is 10.3 Å². The standard InChI is InChI=1S/C15H17ClN2O3S/c1-9-6-11(16)7-10-8-13(18-14(9)10)15(19)17-12-2-4-22(20,21)5-3-12/h6-8,12,18H,2-5H2,1H3,(H,17,19). The van der Waals surface area contributed by atoms with Gasteiger partial charge in [-0.2, -0.15) is 0 Å². The number of carbonyl (C=O) groups is 1. The number of halogens is 1. The number of sulfone groups is 1. The Labute approximate surface area is 134 Å². The minimum atomic E-state index is -2.92. The van der Waals surface area contributed by atoms with Gasteiger partial charge in [0.2, 0.25) is 0 Å². The molecule has 0 saturated carbocycles. The number of benzene rings is 1. The number of aryl methyl sites for hydroxylation is 1. The largest absolute Gasteiger partial charge is 0.350 e. The minimum Gasteiger partial charge on any atom is -0.350 e. The van der Waals surface area contributed by atoms with E-state index in [1.54, 1.807) is 6.07 Å². The van der Waals surface area contributed by atoms with Crippen LogP contribution in [-0.2, 0) is 9.84 Å². The van der Waals surface area contributed by atoms with Gasteiger partial charge in [-0.3, -0.25) is 4.79 Å². The number of aromatic amines is 1. The first-order valence-corrected chi connectivity index (χ1v) is 9.34. The van der Waals surface area contributed by atoms with Crippen LogP contribution in [0.4, 0.5) is 0 Å². The van der Waals surface area contributed by atoms with Crippen molar-refractivity contribution in [3.8, 4) is 0 Å². The summed E-state index contributed by atoms with van der Waals surface area (Å²) in [6.45, 7) is 1.93. The molecular weight excluding hydrogens is 324 g/mol. The Morgan fingerprint density at radius 1 is 1.27 bits per heavy atom. The van der Waals surface area contributed by atoms with Gasteiger partial charge >= 0.3 is 0 Å². The number of rotatable bonds is 2. The predicted octanol–water partition coefficient (Wildman–Crippen LogP) is 2.44. The lowest BCUT2D eigenvalue weighted by Gasteiger charge is -2.22. The average molecular weight is 341 g/mol. The monoisotopic (exact) mass is 340 g/mol. The molecule has 1 aliphatic rings. The zero-order valence-corrected chi connectivity index (χ0v) is 13.7. The highest BCUT2D eigenvalue weighted by molar-refractivity contribution is 7.91. The lowest BCUT2D eigenvalue weighted by Crippen LogP contribution is -2.40. The number of hydrogen-bond donors (Lipinski definition) is 2. The smallest absolute Gasteiger partial charge is 0.267 e. The Bertz CT molecular complexity index is 828. The molecule has 2 heterocycles. The number of aromatic nitrogens is 1. The molecule has 1 fully saturated rings.